The van der Waals surface area contributed by atoms with Crippen molar-refractivity contribution in [1.29, 1.82) is 0 Å². The van der Waals surface area contributed by atoms with Gasteiger partial charge in [-0.15, -0.1) is 0 Å². The molecule has 1 aliphatic rings. The Kier molecular flexibility index (Phi) is 5.57. The summed E-state index contributed by atoms with van der Waals surface area (Å²) in [7, 11) is 5.17. The summed E-state index contributed by atoms with van der Waals surface area (Å²) in [5.74, 6) is 0.926. The summed E-state index contributed by atoms with van der Waals surface area (Å²) in [5.41, 5.74) is 4.11. The maximum absolute atomic E-state index is 11.8. The number of imidazole rings is 1. The SMILES string of the molecule is COC(=O)Oc1nc(CN(C)C)n2c1CN=C(c1ccccc1Cl)c1ccccc1-2. The van der Waals surface area contributed by atoms with Crippen LogP contribution in [0.25, 0.3) is 5.69 Å². The van der Waals surface area contributed by atoms with Gasteiger partial charge in [0.15, 0.2) is 0 Å². The smallest absolute Gasteiger partial charge is 0.437 e. The number of halogens is 1. The number of hydrogen-bond acceptors (Lipinski definition) is 6. The average molecular weight is 425 g/mol. The van der Waals surface area contributed by atoms with Crippen LogP contribution in [-0.4, -0.2) is 47.5 Å². The number of rotatable bonds is 4. The van der Waals surface area contributed by atoms with Crippen LogP contribution in [0.15, 0.2) is 53.5 Å². The highest BCUT2D eigenvalue weighted by atomic mass is 35.5. The summed E-state index contributed by atoms with van der Waals surface area (Å²) in [6.07, 6.45) is -0.819. The Hall–Kier alpha value is -3.16. The largest absolute Gasteiger partial charge is 0.514 e. The van der Waals surface area contributed by atoms with Gasteiger partial charge in [0.05, 0.1) is 31.6 Å². The van der Waals surface area contributed by atoms with Crippen molar-refractivity contribution in [3.63, 3.8) is 0 Å². The number of aliphatic imine (C=N–C) groups is 1. The summed E-state index contributed by atoms with van der Waals surface area (Å²) >= 11 is 6.49. The van der Waals surface area contributed by atoms with Gasteiger partial charge in [0.1, 0.15) is 11.5 Å². The van der Waals surface area contributed by atoms with Gasteiger partial charge in [0.25, 0.3) is 0 Å². The lowest BCUT2D eigenvalue weighted by Crippen LogP contribution is -2.16. The molecule has 0 spiro atoms. The van der Waals surface area contributed by atoms with Crippen molar-refractivity contribution in [2.45, 2.75) is 13.1 Å². The Morgan fingerprint density at radius 2 is 1.83 bits per heavy atom. The molecular formula is C22H21ClN4O3. The number of aromatic nitrogens is 2. The Balaban J connectivity index is 1.94. The van der Waals surface area contributed by atoms with Gasteiger partial charge in [-0.3, -0.25) is 9.56 Å². The number of para-hydroxylation sites is 1. The molecule has 2 aromatic carbocycles. The summed E-state index contributed by atoms with van der Waals surface area (Å²) in [5, 5.41) is 0.621. The first-order valence-corrected chi connectivity index (χ1v) is 9.77. The molecule has 154 valence electrons. The molecule has 0 bridgehead atoms. The maximum Gasteiger partial charge on any atom is 0.514 e. The number of carbonyl (C=O) groups excluding carboxylic acids is 1. The first-order chi connectivity index (χ1) is 14.5. The highest BCUT2D eigenvalue weighted by Crippen LogP contribution is 2.33. The number of benzene rings is 2. The predicted molar refractivity (Wildman–Crippen MR) is 115 cm³/mol. The quantitative estimate of drug-likeness (QED) is 0.590. The van der Waals surface area contributed by atoms with Crippen LogP contribution in [0.2, 0.25) is 5.02 Å². The molecule has 0 amide bonds. The first kappa shape index (κ1) is 20.1. The van der Waals surface area contributed by atoms with Gasteiger partial charge in [-0.2, -0.15) is 4.98 Å². The molecule has 7 nitrogen and oxygen atoms in total. The topological polar surface area (TPSA) is 69.0 Å². The van der Waals surface area contributed by atoms with Crippen molar-refractivity contribution in [3.05, 3.63) is 76.2 Å². The minimum Gasteiger partial charge on any atom is -0.437 e. The Labute approximate surface area is 179 Å². The van der Waals surface area contributed by atoms with Gasteiger partial charge < -0.3 is 14.4 Å². The number of hydrogen-bond donors (Lipinski definition) is 0. The van der Waals surface area contributed by atoms with Gasteiger partial charge in [0, 0.05) is 16.1 Å². The maximum atomic E-state index is 11.8. The van der Waals surface area contributed by atoms with Gasteiger partial charge in [-0.05, 0) is 26.2 Å². The highest BCUT2D eigenvalue weighted by molar-refractivity contribution is 6.35. The molecule has 4 rings (SSSR count). The normalized spacial score (nSPS) is 12.6. The predicted octanol–water partition coefficient (Wildman–Crippen LogP) is 4.08. The third-order valence-corrected chi connectivity index (χ3v) is 5.06. The van der Waals surface area contributed by atoms with E-state index in [0.29, 0.717) is 17.3 Å². The molecule has 0 radical (unpaired) electrons. The van der Waals surface area contributed by atoms with Crippen LogP contribution >= 0.6 is 11.6 Å². The third-order valence-electron chi connectivity index (χ3n) is 4.73. The van der Waals surface area contributed by atoms with Crippen LogP contribution in [0.1, 0.15) is 22.6 Å². The lowest BCUT2D eigenvalue weighted by atomic mass is 10.0. The van der Waals surface area contributed by atoms with Crippen LogP contribution in [0, 0.1) is 0 Å². The molecule has 30 heavy (non-hydrogen) atoms. The molecule has 3 aromatic rings. The zero-order valence-corrected chi connectivity index (χ0v) is 17.7. The lowest BCUT2D eigenvalue weighted by molar-refractivity contribution is 0.119. The van der Waals surface area contributed by atoms with Crippen molar-refractivity contribution in [3.8, 4) is 11.6 Å². The second-order valence-corrected chi connectivity index (χ2v) is 7.48. The zero-order valence-electron chi connectivity index (χ0n) is 16.9. The van der Waals surface area contributed by atoms with E-state index in [9.17, 15) is 4.79 Å². The fourth-order valence-corrected chi connectivity index (χ4v) is 3.71. The molecular weight excluding hydrogens is 404 g/mol. The Morgan fingerprint density at radius 1 is 1.13 bits per heavy atom. The third kappa shape index (κ3) is 3.69. The van der Waals surface area contributed by atoms with Crippen LogP contribution in [0.5, 0.6) is 5.88 Å². The molecule has 2 heterocycles. The lowest BCUT2D eigenvalue weighted by Gasteiger charge is -2.16. The van der Waals surface area contributed by atoms with Gasteiger partial charge >= 0.3 is 6.16 Å². The van der Waals surface area contributed by atoms with Gasteiger partial charge in [-0.1, -0.05) is 48.0 Å². The standard InChI is InChI=1S/C22H21ClN4O3/c1-26(2)13-19-25-21(30-22(28)29-3)18-12-24-20(14-8-4-6-10-16(14)23)15-9-5-7-11-17(15)27(18)19/h4-11H,12-13H2,1-3H3. The van der Waals surface area contributed by atoms with E-state index in [1.165, 1.54) is 7.11 Å². The minimum absolute atomic E-state index is 0.192. The zero-order chi connectivity index (χ0) is 21.3. The van der Waals surface area contributed by atoms with E-state index in [0.717, 1.165) is 28.4 Å². The van der Waals surface area contributed by atoms with E-state index in [2.05, 4.69) is 9.72 Å². The van der Waals surface area contributed by atoms with Crippen molar-refractivity contribution in [2.24, 2.45) is 4.99 Å². The summed E-state index contributed by atoms with van der Waals surface area (Å²) < 4.78 is 12.0. The van der Waals surface area contributed by atoms with E-state index in [-0.39, 0.29) is 12.4 Å². The fraction of sp³-hybridized carbons (Fsp3) is 0.227. The summed E-state index contributed by atoms with van der Waals surface area (Å²) in [6.45, 7) is 0.815. The highest BCUT2D eigenvalue weighted by Gasteiger charge is 2.27. The van der Waals surface area contributed by atoms with Gasteiger partial charge in [0.2, 0.25) is 5.88 Å². The van der Waals surface area contributed by atoms with Crippen molar-refractivity contribution in [1.82, 2.24) is 14.5 Å². The number of carbonyl (C=O) groups is 1. The van der Waals surface area contributed by atoms with Crippen LogP contribution < -0.4 is 4.74 Å². The van der Waals surface area contributed by atoms with E-state index in [4.69, 9.17) is 21.3 Å². The molecule has 0 unspecified atom stereocenters. The molecule has 0 saturated carbocycles. The molecule has 1 aliphatic heterocycles. The Bertz CT molecular complexity index is 1140. The van der Waals surface area contributed by atoms with E-state index >= 15 is 0 Å². The number of methoxy groups -OCH3 is 1. The molecule has 0 saturated heterocycles. The number of nitrogens with zero attached hydrogens (tertiary/aromatic N) is 4. The van der Waals surface area contributed by atoms with Crippen molar-refractivity contribution in [2.75, 3.05) is 21.2 Å². The van der Waals surface area contributed by atoms with Crippen LogP contribution in [-0.2, 0) is 17.8 Å². The monoisotopic (exact) mass is 424 g/mol. The molecule has 0 fully saturated rings. The van der Waals surface area contributed by atoms with Crippen LogP contribution in [0.3, 0.4) is 0 Å². The average Bonchev–Trinajstić information content (AvgIpc) is 2.95. The van der Waals surface area contributed by atoms with E-state index < -0.39 is 6.16 Å². The Morgan fingerprint density at radius 3 is 2.53 bits per heavy atom. The molecule has 8 heteroatoms. The van der Waals surface area contributed by atoms with E-state index in [1.54, 1.807) is 0 Å². The first-order valence-electron chi connectivity index (χ1n) is 9.39. The number of ether oxygens (including phenoxy) is 2. The second kappa shape index (κ2) is 8.30. The summed E-state index contributed by atoms with van der Waals surface area (Å²) in [6, 6.07) is 15.5. The second-order valence-electron chi connectivity index (χ2n) is 7.07. The molecule has 0 aliphatic carbocycles. The summed E-state index contributed by atoms with van der Waals surface area (Å²) in [4.78, 5) is 23.2. The van der Waals surface area contributed by atoms with Gasteiger partial charge in [-0.25, -0.2) is 4.79 Å². The molecule has 1 aromatic heterocycles. The molecule has 0 N–H and O–H groups in total. The van der Waals surface area contributed by atoms with Crippen molar-refractivity contribution < 1.29 is 14.3 Å². The fourth-order valence-electron chi connectivity index (χ4n) is 3.49. The molecule has 0 atom stereocenters. The van der Waals surface area contributed by atoms with E-state index in [1.807, 2.05) is 72.1 Å². The van der Waals surface area contributed by atoms with Crippen LogP contribution in [0.4, 0.5) is 4.79 Å². The number of fused-ring (bicyclic) bond motifs is 3. The minimum atomic E-state index is -0.819. The van der Waals surface area contributed by atoms with Crippen molar-refractivity contribution >= 4 is 23.5 Å².